The molecule has 0 aliphatic heterocycles. The van der Waals surface area contributed by atoms with E-state index >= 15 is 0 Å². The fraction of sp³-hybridized carbons (Fsp3) is 0. The molecular formula is C14H14Pb. The molecule has 0 N–H and O–H groups in total. The molecule has 0 atom stereocenters. The Hall–Kier alpha value is -0.898. The summed E-state index contributed by atoms with van der Waals surface area (Å²) in [5.41, 5.74) is 2.47. The minimum atomic E-state index is 0. The van der Waals surface area contributed by atoms with Crippen molar-refractivity contribution in [3.8, 4) is 0 Å². The van der Waals surface area contributed by atoms with E-state index in [0.717, 1.165) is 0 Å². The van der Waals surface area contributed by atoms with Crippen LogP contribution in [0.4, 0.5) is 0 Å². The molecule has 2 aromatic rings. The maximum atomic E-state index is 2.12. The summed E-state index contributed by atoms with van der Waals surface area (Å²) < 4.78 is 0. The van der Waals surface area contributed by atoms with Gasteiger partial charge in [-0.15, -0.1) is 0 Å². The van der Waals surface area contributed by atoms with E-state index in [9.17, 15) is 0 Å². The van der Waals surface area contributed by atoms with Crippen LogP contribution < -0.4 is 0 Å². The molecule has 0 saturated carbocycles. The summed E-state index contributed by atoms with van der Waals surface area (Å²) >= 11 is 0. The van der Waals surface area contributed by atoms with Crippen LogP contribution >= 0.6 is 0 Å². The van der Waals surface area contributed by atoms with Crippen LogP contribution in [0, 0.1) is 0 Å². The summed E-state index contributed by atoms with van der Waals surface area (Å²) in [6.07, 6.45) is 4.24. The summed E-state index contributed by atoms with van der Waals surface area (Å²) in [4.78, 5) is 0. The quantitative estimate of drug-likeness (QED) is 0.547. The molecule has 0 spiro atoms. The number of hydrogen-bond donors (Lipinski definition) is 0. The third-order valence-corrected chi connectivity index (χ3v) is 2.07. The average Bonchev–Trinajstić information content (AvgIpc) is 2.29. The molecule has 15 heavy (non-hydrogen) atoms. The zero-order chi connectivity index (χ0) is 9.64. The van der Waals surface area contributed by atoms with Crippen molar-refractivity contribution in [3.05, 3.63) is 71.8 Å². The van der Waals surface area contributed by atoms with Gasteiger partial charge >= 0.3 is 27.3 Å². The number of hydrogen-bond acceptors (Lipinski definition) is 0. The van der Waals surface area contributed by atoms with Gasteiger partial charge in [-0.2, -0.15) is 0 Å². The Morgan fingerprint density at radius 2 is 0.867 bits per heavy atom. The first-order valence-electron chi connectivity index (χ1n) is 4.73. The van der Waals surface area contributed by atoms with Crippen LogP contribution in [0.15, 0.2) is 60.7 Å². The summed E-state index contributed by atoms with van der Waals surface area (Å²) in [6.45, 7) is 0. The molecule has 0 aliphatic rings. The average molecular weight is 389 g/mol. The molecule has 0 saturated heterocycles. The Kier molecular flexibility index (Phi) is 5.32. The zero-order valence-corrected chi connectivity index (χ0v) is 14.1. The molecule has 0 bridgehead atoms. The van der Waals surface area contributed by atoms with Crippen LogP contribution in [-0.2, 0) is 0 Å². The van der Waals surface area contributed by atoms with Crippen LogP contribution in [0.2, 0.25) is 0 Å². The Bertz CT molecular complexity index is 362. The third-order valence-electron chi connectivity index (χ3n) is 2.07. The molecule has 0 heterocycles. The first-order valence-corrected chi connectivity index (χ1v) is 4.73. The van der Waals surface area contributed by atoms with E-state index in [1.165, 1.54) is 11.1 Å². The molecule has 0 aliphatic carbocycles. The van der Waals surface area contributed by atoms with Crippen LogP contribution in [-0.4, -0.2) is 27.3 Å². The summed E-state index contributed by atoms with van der Waals surface area (Å²) in [7, 11) is 0. The third kappa shape index (κ3) is 4.00. The molecule has 74 valence electrons. The van der Waals surface area contributed by atoms with Crippen molar-refractivity contribution < 1.29 is 0 Å². The molecule has 0 aromatic heterocycles. The van der Waals surface area contributed by atoms with Gasteiger partial charge in [0.05, 0.1) is 0 Å². The SMILES string of the molecule is C(=C/c1ccccc1)/c1ccccc1.[PbH2]. The first-order chi connectivity index (χ1) is 6.95. The second-order valence-electron chi connectivity index (χ2n) is 3.15. The number of benzene rings is 2. The van der Waals surface area contributed by atoms with E-state index in [4.69, 9.17) is 0 Å². The molecule has 1 heteroatoms. The first kappa shape index (κ1) is 12.2. The molecule has 2 radical (unpaired) electrons. The minimum absolute atomic E-state index is 0. The van der Waals surface area contributed by atoms with Gasteiger partial charge in [-0.05, 0) is 11.1 Å². The van der Waals surface area contributed by atoms with E-state index in [-0.39, 0.29) is 27.3 Å². The van der Waals surface area contributed by atoms with Crippen LogP contribution in [0.3, 0.4) is 0 Å². The standard InChI is InChI=1S/C14H12.Pb.2H/c1-3-7-13(8-4-1)11-12-14-9-5-2-6-10-14;;;/h1-12H;;;/b12-11-;;;. The van der Waals surface area contributed by atoms with E-state index < -0.39 is 0 Å². The van der Waals surface area contributed by atoms with E-state index in [1.54, 1.807) is 0 Å². The summed E-state index contributed by atoms with van der Waals surface area (Å²) in [5, 5.41) is 0. The molecule has 2 aromatic carbocycles. The van der Waals surface area contributed by atoms with Crippen LogP contribution in [0.5, 0.6) is 0 Å². The van der Waals surface area contributed by atoms with Gasteiger partial charge in [0.15, 0.2) is 0 Å². The number of rotatable bonds is 2. The van der Waals surface area contributed by atoms with Crippen molar-refractivity contribution in [3.63, 3.8) is 0 Å². The van der Waals surface area contributed by atoms with Crippen molar-refractivity contribution in [2.75, 3.05) is 0 Å². The van der Waals surface area contributed by atoms with Gasteiger partial charge < -0.3 is 0 Å². The van der Waals surface area contributed by atoms with E-state index in [0.29, 0.717) is 0 Å². The van der Waals surface area contributed by atoms with Gasteiger partial charge in [0.1, 0.15) is 0 Å². The van der Waals surface area contributed by atoms with Crippen molar-refractivity contribution in [2.45, 2.75) is 0 Å². The molecule has 0 amide bonds. The molecule has 2 rings (SSSR count). The topological polar surface area (TPSA) is 0 Å². The van der Waals surface area contributed by atoms with Gasteiger partial charge in [0.25, 0.3) is 0 Å². The Morgan fingerprint density at radius 1 is 0.533 bits per heavy atom. The fourth-order valence-corrected chi connectivity index (χ4v) is 1.32. The van der Waals surface area contributed by atoms with Crippen molar-refractivity contribution in [2.24, 2.45) is 0 Å². The predicted octanol–water partition coefficient (Wildman–Crippen LogP) is 2.94. The van der Waals surface area contributed by atoms with Crippen LogP contribution in [0.1, 0.15) is 11.1 Å². The monoisotopic (exact) mass is 390 g/mol. The van der Waals surface area contributed by atoms with Crippen molar-refractivity contribution in [1.29, 1.82) is 0 Å². The van der Waals surface area contributed by atoms with Gasteiger partial charge in [-0.1, -0.05) is 72.8 Å². The fourth-order valence-electron chi connectivity index (χ4n) is 1.32. The second kappa shape index (κ2) is 6.56. The molecule has 0 unspecified atom stereocenters. The second-order valence-corrected chi connectivity index (χ2v) is 3.15. The van der Waals surface area contributed by atoms with Gasteiger partial charge in [0.2, 0.25) is 0 Å². The Morgan fingerprint density at radius 3 is 1.20 bits per heavy atom. The molecular weight excluding hydrogens is 375 g/mol. The van der Waals surface area contributed by atoms with Crippen molar-refractivity contribution in [1.82, 2.24) is 0 Å². The summed E-state index contributed by atoms with van der Waals surface area (Å²) in [5.74, 6) is 0. The van der Waals surface area contributed by atoms with Gasteiger partial charge in [0, 0.05) is 0 Å². The predicted molar refractivity (Wildman–Crippen MR) is 70.4 cm³/mol. The molecule has 0 nitrogen and oxygen atoms in total. The Balaban J connectivity index is 0.00000112. The van der Waals surface area contributed by atoms with E-state index in [2.05, 4.69) is 36.4 Å². The normalized spacial score (nSPS) is 9.87. The summed E-state index contributed by atoms with van der Waals surface area (Å²) in [6, 6.07) is 20.6. The van der Waals surface area contributed by atoms with Gasteiger partial charge in [-0.3, -0.25) is 0 Å². The van der Waals surface area contributed by atoms with Gasteiger partial charge in [-0.25, -0.2) is 0 Å². The Labute approximate surface area is 111 Å². The van der Waals surface area contributed by atoms with Crippen molar-refractivity contribution >= 4 is 39.5 Å². The molecule has 0 fully saturated rings. The van der Waals surface area contributed by atoms with Crippen LogP contribution in [0.25, 0.3) is 12.2 Å². The zero-order valence-electron chi connectivity index (χ0n) is 8.64. The van der Waals surface area contributed by atoms with E-state index in [1.807, 2.05) is 36.4 Å². The maximum absolute atomic E-state index is 2.12.